The predicted molar refractivity (Wildman–Crippen MR) is 201 cm³/mol. The highest BCUT2D eigenvalue weighted by Gasteiger charge is 2.27. The van der Waals surface area contributed by atoms with Crippen molar-refractivity contribution in [2.45, 2.75) is 115 Å². The average molecular weight is 668 g/mol. The lowest BCUT2D eigenvalue weighted by molar-refractivity contribution is -0.116. The number of methoxy groups -OCH3 is 2. The Morgan fingerprint density at radius 3 is 2.35 bits per heavy atom. The number of ether oxygens (including phenoxy) is 3. The molecule has 264 valence electrons. The molecule has 1 heterocycles. The molecule has 0 spiro atoms. The van der Waals surface area contributed by atoms with E-state index in [4.69, 9.17) is 14.2 Å². The molecule has 1 amide bonds. The maximum Gasteiger partial charge on any atom is 0.297 e. The zero-order valence-corrected chi connectivity index (χ0v) is 29.9. The quantitative estimate of drug-likeness (QED) is 0.103. The predicted octanol–water partition coefficient (Wildman–Crippen LogP) is 9.58. The van der Waals surface area contributed by atoms with Crippen molar-refractivity contribution in [2.75, 3.05) is 14.2 Å². The summed E-state index contributed by atoms with van der Waals surface area (Å²) in [7, 11) is 3.36. The molecule has 2 saturated carbocycles. The summed E-state index contributed by atoms with van der Waals surface area (Å²) in [4.78, 5) is 19.7. The fraction of sp³-hybridized carbons (Fsp3) is 0.476. The zero-order valence-electron chi connectivity index (χ0n) is 29.9. The van der Waals surface area contributed by atoms with Crippen LogP contribution in [-0.2, 0) is 19.0 Å². The van der Waals surface area contributed by atoms with Crippen molar-refractivity contribution in [3.63, 3.8) is 0 Å². The largest absolute Gasteiger partial charge is 0.497 e. The molecule has 0 aromatic rings. The van der Waals surface area contributed by atoms with E-state index in [9.17, 15) is 4.79 Å². The van der Waals surface area contributed by atoms with Crippen LogP contribution in [0, 0.1) is 0 Å². The molecule has 0 aromatic carbocycles. The van der Waals surface area contributed by atoms with E-state index in [2.05, 4.69) is 65.2 Å². The second kappa shape index (κ2) is 21.0. The lowest BCUT2D eigenvalue weighted by Crippen LogP contribution is -2.37. The molecule has 3 fully saturated rings. The first-order valence-corrected chi connectivity index (χ1v) is 18.3. The van der Waals surface area contributed by atoms with Crippen LogP contribution < -0.4 is 5.32 Å². The smallest absolute Gasteiger partial charge is 0.297 e. The minimum absolute atomic E-state index is 0.0133. The molecule has 2 unspecified atom stereocenters. The first-order valence-electron chi connectivity index (χ1n) is 18.3. The molecule has 5 rings (SSSR count). The maximum atomic E-state index is 12.7. The fourth-order valence-corrected chi connectivity index (χ4v) is 6.51. The van der Waals surface area contributed by atoms with Gasteiger partial charge in [-0.3, -0.25) is 10.1 Å². The molecule has 4 aliphatic carbocycles. The van der Waals surface area contributed by atoms with Gasteiger partial charge in [0.2, 0.25) is 0 Å². The molecule has 1 aliphatic heterocycles. The Hall–Kier alpha value is -4.26. The number of rotatable bonds is 11. The highest BCUT2D eigenvalue weighted by molar-refractivity contribution is 6.09. The molecule has 1 N–H and O–H groups in total. The summed E-state index contributed by atoms with van der Waals surface area (Å²) in [6, 6.07) is 0.480. The van der Waals surface area contributed by atoms with Crippen molar-refractivity contribution in [2.24, 2.45) is 4.99 Å². The molecule has 7 heteroatoms. The van der Waals surface area contributed by atoms with Gasteiger partial charge in [0.05, 0.1) is 26.3 Å². The standard InChI is InChI=1S/C35H43N3O4.C7H14/c1-5-6-12-27(25-33-34(39)37-35(42-33)36-28-13-8-7-9-14-28)20-19-26(2)38(29-15-10-17-31(40-3)23-21-29)30-16-11-18-32(41-4)24-22-30;1-2-4-6-7-5-3-1/h5,10,12,15-26,28-29H,1,6-9,11,13-14H2,2-4H3,(H,36,37,39);1-7H2/b20-19-,27-12+,33-25+;. The molecule has 0 aromatic heterocycles. The Kier molecular flexibility index (Phi) is 16.1. The van der Waals surface area contributed by atoms with Crippen molar-refractivity contribution in [1.82, 2.24) is 10.2 Å². The van der Waals surface area contributed by atoms with Crippen molar-refractivity contribution >= 4 is 11.9 Å². The Labute approximate surface area is 294 Å². The van der Waals surface area contributed by atoms with E-state index in [1.54, 1.807) is 20.3 Å². The van der Waals surface area contributed by atoms with Gasteiger partial charge in [-0.1, -0.05) is 113 Å². The number of carbonyl (C=O) groups excluding carboxylic acids is 1. The molecule has 0 radical (unpaired) electrons. The van der Waals surface area contributed by atoms with Gasteiger partial charge < -0.3 is 19.1 Å². The van der Waals surface area contributed by atoms with Gasteiger partial charge in [-0.05, 0) is 74.6 Å². The Bertz CT molecular complexity index is 1390. The summed E-state index contributed by atoms with van der Waals surface area (Å²) in [6.45, 7) is 6.02. The number of hydrogen-bond acceptors (Lipinski definition) is 6. The average Bonchev–Trinajstić information content (AvgIpc) is 3.48. The summed E-state index contributed by atoms with van der Waals surface area (Å²) in [6.07, 6.45) is 46.0. The third-order valence-corrected chi connectivity index (χ3v) is 9.28. The van der Waals surface area contributed by atoms with Gasteiger partial charge in [-0.2, -0.15) is 0 Å². The second-order valence-electron chi connectivity index (χ2n) is 13.0. The number of nitrogens with one attached hydrogen (secondary N) is 1. The Morgan fingerprint density at radius 1 is 0.980 bits per heavy atom. The van der Waals surface area contributed by atoms with Crippen LogP contribution in [0.3, 0.4) is 0 Å². The van der Waals surface area contributed by atoms with Crippen LogP contribution in [0.2, 0.25) is 0 Å². The summed E-state index contributed by atoms with van der Waals surface area (Å²) in [5.74, 6) is 1.60. The Balaban J connectivity index is 0.000000686. The molecular weight excluding hydrogens is 610 g/mol. The fourth-order valence-electron chi connectivity index (χ4n) is 6.51. The maximum absolute atomic E-state index is 12.7. The van der Waals surface area contributed by atoms with Gasteiger partial charge in [0.1, 0.15) is 11.5 Å². The Morgan fingerprint density at radius 2 is 1.67 bits per heavy atom. The molecular formula is C42H57N3O4. The number of carbonyl (C=O) groups is 1. The topological polar surface area (TPSA) is 72.4 Å². The third kappa shape index (κ3) is 12.6. The molecule has 7 nitrogen and oxygen atoms in total. The first-order chi connectivity index (χ1) is 24.0. The molecule has 2 atom stereocenters. The number of amidine groups is 1. The van der Waals surface area contributed by atoms with Crippen molar-refractivity contribution in [1.29, 1.82) is 0 Å². The van der Waals surface area contributed by atoms with Gasteiger partial charge in [0.25, 0.3) is 11.9 Å². The minimum Gasteiger partial charge on any atom is -0.497 e. The van der Waals surface area contributed by atoms with Gasteiger partial charge in [0.15, 0.2) is 5.76 Å². The lowest BCUT2D eigenvalue weighted by atomic mass is 9.96. The number of allylic oxidation sites excluding steroid dienone is 12. The summed E-state index contributed by atoms with van der Waals surface area (Å²) >= 11 is 0. The van der Waals surface area contributed by atoms with E-state index in [1.807, 2.05) is 42.5 Å². The minimum atomic E-state index is -0.275. The van der Waals surface area contributed by atoms with E-state index in [-0.39, 0.29) is 29.8 Å². The van der Waals surface area contributed by atoms with Gasteiger partial charge >= 0.3 is 0 Å². The molecule has 1 saturated heterocycles. The van der Waals surface area contributed by atoms with Crippen LogP contribution in [0.15, 0.2) is 125 Å². The zero-order chi connectivity index (χ0) is 34.7. The molecule has 5 aliphatic rings. The van der Waals surface area contributed by atoms with Crippen LogP contribution in [0.5, 0.6) is 0 Å². The second-order valence-corrected chi connectivity index (χ2v) is 13.0. The normalized spacial score (nSPS) is 24.0. The first kappa shape index (κ1) is 37.6. The van der Waals surface area contributed by atoms with Crippen molar-refractivity contribution in [3.05, 3.63) is 120 Å². The van der Waals surface area contributed by atoms with Crippen LogP contribution in [0.25, 0.3) is 0 Å². The summed E-state index contributed by atoms with van der Waals surface area (Å²) in [5.41, 5.74) is 1.93. The van der Waals surface area contributed by atoms with E-state index in [0.29, 0.717) is 12.4 Å². The number of amides is 1. The number of aliphatic imine (C=N–C) groups is 1. The van der Waals surface area contributed by atoms with E-state index in [1.165, 1.54) is 64.2 Å². The SMILES string of the molecule is C1CCCCCC1.C=CC/C=C(\C=C/C(C)N(C1=CCC=C(OC)C=C1)C1C=CC=C(OC)C=C1)/C=C1/OC(=NC2CCCCC2)NC1=O. The van der Waals surface area contributed by atoms with Crippen LogP contribution in [0.1, 0.15) is 96.8 Å². The van der Waals surface area contributed by atoms with Crippen LogP contribution in [0.4, 0.5) is 0 Å². The summed E-state index contributed by atoms with van der Waals surface area (Å²) in [5, 5.41) is 2.79. The van der Waals surface area contributed by atoms with Gasteiger partial charge in [-0.15, -0.1) is 6.58 Å². The highest BCUT2D eigenvalue weighted by atomic mass is 16.5. The lowest BCUT2D eigenvalue weighted by Gasteiger charge is -2.35. The van der Waals surface area contributed by atoms with E-state index in [0.717, 1.165) is 42.1 Å². The number of hydrogen-bond donors (Lipinski definition) is 1. The van der Waals surface area contributed by atoms with Crippen molar-refractivity contribution < 1.29 is 19.0 Å². The molecule has 49 heavy (non-hydrogen) atoms. The third-order valence-electron chi connectivity index (χ3n) is 9.28. The highest BCUT2D eigenvalue weighted by Crippen LogP contribution is 2.25. The van der Waals surface area contributed by atoms with Gasteiger partial charge in [0, 0.05) is 11.7 Å². The van der Waals surface area contributed by atoms with Crippen molar-refractivity contribution in [3.8, 4) is 0 Å². The van der Waals surface area contributed by atoms with Gasteiger partial charge in [-0.25, -0.2) is 4.99 Å². The monoisotopic (exact) mass is 667 g/mol. The van der Waals surface area contributed by atoms with E-state index < -0.39 is 0 Å². The van der Waals surface area contributed by atoms with E-state index >= 15 is 0 Å². The van der Waals surface area contributed by atoms with Crippen LogP contribution in [-0.4, -0.2) is 49.2 Å². The number of nitrogens with zero attached hydrogens (tertiary/aromatic N) is 2. The van der Waals surface area contributed by atoms with Crippen LogP contribution >= 0.6 is 0 Å². The molecule has 0 bridgehead atoms. The summed E-state index contributed by atoms with van der Waals surface area (Å²) < 4.78 is 16.8.